The Morgan fingerprint density at radius 2 is 1.82 bits per heavy atom. The highest BCUT2D eigenvalue weighted by molar-refractivity contribution is 5.87. The number of hydrogen-bond acceptors (Lipinski definition) is 2. The summed E-state index contributed by atoms with van der Waals surface area (Å²) in [4.78, 5) is 4.91. The van der Waals surface area contributed by atoms with Crippen LogP contribution >= 0.6 is 0 Å². The number of fused-ring (bicyclic) bond motifs is 2. The van der Waals surface area contributed by atoms with E-state index in [2.05, 4.69) is 26.0 Å². The zero-order chi connectivity index (χ0) is 20.0. The molecule has 0 spiro atoms. The van der Waals surface area contributed by atoms with Gasteiger partial charge in [-0.1, -0.05) is 26.0 Å². The van der Waals surface area contributed by atoms with Crippen LogP contribution in [0.15, 0.2) is 30.3 Å². The van der Waals surface area contributed by atoms with Crippen LogP contribution in [0, 0.1) is 19.7 Å². The van der Waals surface area contributed by atoms with Crippen LogP contribution in [0.25, 0.3) is 27.9 Å². The molecule has 4 aromatic rings. The fourth-order valence-electron chi connectivity index (χ4n) is 4.41. The van der Waals surface area contributed by atoms with E-state index in [0.29, 0.717) is 18.0 Å². The fraction of sp³-hybridized carbons (Fsp3) is 0.391. The van der Waals surface area contributed by atoms with Crippen molar-refractivity contribution in [1.29, 1.82) is 0 Å². The fourth-order valence-corrected chi connectivity index (χ4v) is 4.41. The highest BCUT2D eigenvalue weighted by atomic mass is 19.1. The summed E-state index contributed by atoms with van der Waals surface area (Å²) in [6.07, 6.45) is 2.13. The summed E-state index contributed by atoms with van der Waals surface area (Å²) in [5.74, 6) is 0.257. The average molecular weight is 378 g/mol. The Hall–Kier alpha value is -2.69. The van der Waals surface area contributed by atoms with Crippen molar-refractivity contribution < 1.29 is 4.39 Å². The van der Waals surface area contributed by atoms with Crippen molar-refractivity contribution in [2.24, 2.45) is 0 Å². The number of aromatic nitrogens is 4. The quantitative estimate of drug-likeness (QED) is 0.425. The van der Waals surface area contributed by atoms with Gasteiger partial charge in [0.05, 0.1) is 22.6 Å². The molecule has 3 aromatic heterocycles. The summed E-state index contributed by atoms with van der Waals surface area (Å²) in [6.45, 7) is 11.2. The zero-order valence-electron chi connectivity index (χ0n) is 17.3. The lowest BCUT2D eigenvalue weighted by Crippen LogP contribution is -2.06. The molecule has 5 heteroatoms. The zero-order valence-corrected chi connectivity index (χ0v) is 17.3. The van der Waals surface area contributed by atoms with Crippen LogP contribution in [-0.2, 0) is 6.54 Å². The number of nitrogens with zero attached hydrogens (tertiary/aromatic N) is 4. The van der Waals surface area contributed by atoms with Crippen LogP contribution in [-0.4, -0.2) is 19.2 Å². The summed E-state index contributed by atoms with van der Waals surface area (Å²) in [7, 11) is 0. The van der Waals surface area contributed by atoms with Gasteiger partial charge < -0.3 is 4.57 Å². The van der Waals surface area contributed by atoms with Crippen LogP contribution in [0.5, 0.6) is 0 Å². The van der Waals surface area contributed by atoms with Gasteiger partial charge in [0.1, 0.15) is 11.5 Å². The second-order valence-electron chi connectivity index (χ2n) is 7.49. The first-order chi connectivity index (χ1) is 13.5. The van der Waals surface area contributed by atoms with Crippen molar-refractivity contribution in [2.45, 2.75) is 59.9 Å². The maximum Gasteiger partial charge on any atom is 0.158 e. The Balaban J connectivity index is 2.07. The Morgan fingerprint density at radius 3 is 2.50 bits per heavy atom. The predicted molar refractivity (Wildman–Crippen MR) is 112 cm³/mol. The molecule has 1 aromatic carbocycles. The van der Waals surface area contributed by atoms with E-state index in [0.717, 1.165) is 46.7 Å². The molecule has 4 rings (SSSR count). The maximum absolute atomic E-state index is 14.6. The molecule has 0 saturated carbocycles. The predicted octanol–water partition coefficient (Wildman–Crippen LogP) is 6.03. The lowest BCUT2D eigenvalue weighted by Gasteiger charge is -2.15. The summed E-state index contributed by atoms with van der Waals surface area (Å²) < 4.78 is 18.6. The minimum Gasteiger partial charge on any atom is -0.337 e. The normalized spacial score (nSPS) is 12.0. The van der Waals surface area contributed by atoms with E-state index in [1.54, 1.807) is 6.07 Å². The van der Waals surface area contributed by atoms with E-state index in [1.165, 1.54) is 11.6 Å². The van der Waals surface area contributed by atoms with E-state index in [-0.39, 0.29) is 5.82 Å². The molecular weight excluding hydrogens is 351 g/mol. The van der Waals surface area contributed by atoms with E-state index in [4.69, 9.17) is 10.1 Å². The van der Waals surface area contributed by atoms with Gasteiger partial charge in [0, 0.05) is 17.5 Å². The molecule has 0 aliphatic heterocycles. The van der Waals surface area contributed by atoms with Crippen LogP contribution in [0.3, 0.4) is 0 Å². The van der Waals surface area contributed by atoms with Crippen LogP contribution < -0.4 is 0 Å². The number of rotatable bonds is 5. The van der Waals surface area contributed by atoms with E-state index in [9.17, 15) is 4.39 Å². The van der Waals surface area contributed by atoms with Crippen molar-refractivity contribution in [3.05, 3.63) is 53.1 Å². The summed E-state index contributed by atoms with van der Waals surface area (Å²) >= 11 is 0. The molecule has 0 amide bonds. The van der Waals surface area contributed by atoms with E-state index >= 15 is 0 Å². The average Bonchev–Trinajstić information content (AvgIpc) is 3.19. The molecule has 28 heavy (non-hydrogen) atoms. The minimum atomic E-state index is -0.195. The van der Waals surface area contributed by atoms with Crippen molar-refractivity contribution in [1.82, 2.24) is 19.2 Å². The standard InChI is InChI=1S/C23H27FN4/c1-6-16(7-2)18-12-14(4)26-28-21(15(5)25-23(18)28)20-13-17-10-9-11-19(24)22(17)27(20)8-3/h9-13,16H,6-8H2,1-5H3. The smallest absolute Gasteiger partial charge is 0.158 e. The van der Waals surface area contributed by atoms with Gasteiger partial charge in [-0.2, -0.15) is 5.10 Å². The van der Waals surface area contributed by atoms with Gasteiger partial charge in [0.2, 0.25) is 0 Å². The summed E-state index contributed by atoms with van der Waals surface area (Å²) in [5.41, 5.74) is 6.60. The molecule has 3 heterocycles. The number of hydrogen-bond donors (Lipinski definition) is 0. The van der Waals surface area contributed by atoms with Crippen LogP contribution in [0.2, 0.25) is 0 Å². The van der Waals surface area contributed by atoms with Crippen molar-refractivity contribution >= 4 is 16.6 Å². The maximum atomic E-state index is 14.6. The number of aryl methyl sites for hydroxylation is 3. The second-order valence-corrected chi connectivity index (χ2v) is 7.49. The lowest BCUT2D eigenvalue weighted by atomic mass is 9.95. The first-order valence-electron chi connectivity index (χ1n) is 10.1. The summed E-state index contributed by atoms with van der Waals surface area (Å²) in [6, 6.07) is 9.46. The third kappa shape index (κ3) is 2.72. The van der Waals surface area contributed by atoms with Gasteiger partial charge >= 0.3 is 0 Å². The van der Waals surface area contributed by atoms with Gasteiger partial charge in [-0.05, 0) is 57.7 Å². The lowest BCUT2D eigenvalue weighted by molar-refractivity contribution is 0.626. The third-order valence-corrected chi connectivity index (χ3v) is 5.76. The Morgan fingerprint density at radius 1 is 1.07 bits per heavy atom. The molecule has 4 nitrogen and oxygen atoms in total. The molecule has 0 aliphatic carbocycles. The SMILES string of the molecule is CCC(CC)c1cc(C)nn2c(-c3cc4cccc(F)c4n3CC)c(C)nc12. The Bertz CT molecular complexity index is 1160. The number of para-hydroxylation sites is 1. The van der Waals surface area contributed by atoms with Crippen molar-refractivity contribution in [3.8, 4) is 11.4 Å². The topological polar surface area (TPSA) is 35.1 Å². The molecule has 0 N–H and O–H groups in total. The largest absolute Gasteiger partial charge is 0.337 e. The van der Waals surface area contributed by atoms with Gasteiger partial charge in [-0.3, -0.25) is 0 Å². The molecule has 0 fully saturated rings. The highest BCUT2D eigenvalue weighted by Gasteiger charge is 2.22. The van der Waals surface area contributed by atoms with Gasteiger partial charge in [0.15, 0.2) is 5.65 Å². The number of halogens is 1. The molecular formula is C23H27FN4. The van der Waals surface area contributed by atoms with Crippen LogP contribution in [0.1, 0.15) is 56.5 Å². The van der Waals surface area contributed by atoms with E-state index in [1.807, 2.05) is 35.9 Å². The van der Waals surface area contributed by atoms with Gasteiger partial charge in [-0.15, -0.1) is 0 Å². The Labute approximate surface area is 165 Å². The van der Waals surface area contributed by atoms with Gasteiger partial charge in [-0.25, -0.2) is 13.9 Å². The third-order valence-electron chi connectivity index (χ3n) is 5.76. The molecule has 0 bridgehead atoms. The summed E-state index contributed by atoms with van der Waals surface area (Å²) in [5, 5.41) is 5.70. The molecule has 0 aliphatic rings. The van der Waals surface area contributed by atoms with Crippen LogP contribution in [0.4, 0.5) is 4.39 Å². The van der Waals surface area contributed by atoms with Gasteiger partial charge in [0.25, 0.3) is 0 Å². The first-order valence-corrected chi connectivity index (χ1v) is 10.1. The first kappa shape index (κ1) is 18.7. The molecule has 0 unspecified atom stereocenters. The molecule has 146 valence electrons. The minimum absolute atomic E-state index is 0.195. The highest BCUT2D eigenvalue weighted by Crippen LogP contribution is 2.34. The number of imidazole rings is 1. The number of benzene rings is 1. The molecule has 0 saturated heterocycles. The monoisotopic (exact) mass is 378 g/mol. The Kier molecular flexibility index (Phi) is 4.69. The second kappa shape index (κ2) is 7.04. The van der Waals surface area contributed by atoms with E-state index < -0.39 is 0 Å². The van der Waals surface area contributed by atoms with Crippen molar-refractivity contribution in [3.63, 3.8) is 0 Å². The molecule has 0 atom stereocenters. The van der Waals surface area contributed by atoms with Crippen molar-refractivity contribution in [2.75, 3.05) is 0 Å². The molecule has 0 radical (unpaired) electrons.